The Labute approximate surface area is 211 Å². The van der Waals surface area contributed by atoms with Gasteiger partial charge >= 0.3 is 6.09 Å². The zero-order chi connectivity index (χ0) is 25.8. The van der Waals surface area contributed by atoms with Crippen LogP contribution in [0, 0.1) is 0 Å². The smallest absolute Gasteiger partial charge is 0.408 e. The monoisotopic (exact) mass is 494 g/mol. The Morgan fingerprint density at radius 2 is 1.83 bits per heavy atom. The molecule has 1 saturated heterocycles. The molecule has 2 heterocycles. The third-order valence-electron chi connectivity index (χ3n) is 6.23. The van der Waals surface area contributed by atoms with Crippen LogP contribution in [-0.2, 0) is 20.9 Å². The molecule has 36 heavy (non-hydrogen) atoms. The van der Waals surface area contributed by atoms with Crippen LogP contribution in [0.3, 0.4) is 0 Å². The number of para-hydroxylation sites is 1. The molecule has 192 valence electrons. The Balaban J connectivity index is 1.47. The fourth-order valence-corrected chi connectivity index (χ4v) is 4.67. The fraction of sp³-hybridized carbons (Fsp3) is 0.464. The topological polar surface area (TPSA) is 94.2 Å². The number of piperidine rings is 1. The predicted molar refractivity (Wildman–Crippen MR) is 134 cm³/mol. The molecule has 2 aromatic rings. The molecule has 2 aliphatic rings. The normalized spacial score (nSPS) is 20.3. The largest absolute Gasteiger partial charge is 0.484 e. The summed E-state index contributed by atoms with van der Waals surface area (Å²) in [7, 11) is 0. The van der Waals surface area contributed by atoms with E-state index in [4.69, 9.17) is 14.2 Å². The first-order valence-electron chi connectivity index (χ1n) is 12.4. The molecule has 8 heteroatoms. The van der Waals surface area contributed by atoms with Crippen LogP contribution in [0.4, 0.5) is 4.79 Å². The lowest BCUT2D eigenvalue weighted by molar-refractivity contribution is -0.141. The number of carbonyl (C=O) groups excluding carboxylic acids is 3. The summed E-state index contributed by atoms with van der Waals surface area (Å²) in [5, 5.41) is 2.69. The van der Waals surface area contributed by atoms with Gasteiger partial charge in [0.25, 0.3) is 0 Å². The number of benzene rings is 2. The maximum atomic E-state index is 13.6. The molecule has 0 saturated carbocycles. The minimum Gasteiger partial charge on any atom is -0.484 e. The number of alkyl carbamates (subject to hydrolysis) is 1. The Kier molecular flexibility index (Phi) is 7.64. The van der Waals surface area contributed by atoms with Crippen LogP contribution in [0.25, 0.3) is 0 Å². The summed E-state index contributed by atoms with van der Waals surface area (Å²) in [5.41, 5.74) is 0.0540. The minimum atomic E-state index is -0.940. The van der Waals surface area contributed by atoms with Gasteiger partial charge in [-0.25, -0.2) is 4.79 Å². The van der Waals surface area contributed by atoms with E-state index in [1.165, 1.54) is 0 Å². The van der Waals surface area contributed by atoms with Gasteiger partial charge in [-0.15, -0.1) is 0 Å². The summed E-state index contributed by atoms with van der Waals surface area (Å²) >= 11 is 0. The number of amides is 2. The van der Waals surface area contributed by atoms with E-state index >= 15 is 0 Å². The van der Waals surface area contributed by atoms with Crippen LogP contribution in [-0.4, -0.2) is 59.6 Å². The van der Waals surface area contributed by atoms with E-state index in [2.05, 4.69) is 5.32 Å². The Hall–Kier alpha value is -3.39. The first-order valence-corrected chi connectivity index (χ1v) is 12.4. The van der Waals surface area contributed by atoms with Crippen LogP contribution in [0.5, 0.6) is 5.75 Å². The molecule has 2 amide bonds. The highest BCUT2D eigenvalue weighted by Gasteiger charge is 2.45. The van der Waals surface area contributed by atoms with Crippen LogP contribution < -0.4 is 10.1 Å². The number of nitrogens with zero attached hydrogens (tertiary/aromatic N) is 1. The van der Waals surface area contributed by atoms with Gasteiger partial charge in [-0.1, -0.05) is 42.5 Å². The maximum Gasteiger partial charge on any atom is 0.408 e. The molecule has 0 aromatic heterocycles. The first kappa shape index (κ1) is 25.7. The number of hydrogen-bond donors (Lipinski definition) is 1. The average Bonchev–Trinajstić information content (AvgIpc) is 2.82. The Bertz CT molecular complexity index is 1100. The van der Waals surface area contributed by atoms with Gasteiger partial charge in [0.1, 0.15) is 23.0 Å². The van der Waals surface area contributed by atoms with Crippen molar-refractivity contribution >= 4 is 17.8 Å². The molecule has 1 fully saturated rings. The third-order valence-corrected chi connectivity index (χ3v) is 6.23. The zero-order valence-electron chi connectivity index (χ0n) is 21.1. The molecule has 4 rings (SSSR count). The van der Waals surface area contributed by atoms with Crippen molar-refractivity contribution < 1.29 is 28.6 Å². The van der Waals surface area contributed by atoms with E-state index in [0.717, 1.165) is 5.56 Å². The molecule has 1 spiro atoms. The number of likely N-dealkylation sites (tertiary alicyclic amines) is 1. The average molecular weight is 495 g/mol. The standard InChI is InChI=1S/C28H34N2O6/c1-27(2,3)36-26(33)29-22(18-34-17-20-10-5-4-6-11-20)25(32)30-15-9-14-28(19-30)16-23(31)21-12-7-8-13-24(21)35-28/h4-8,10-13,22H,9,14-19H2,1-3H3,(H,29,33)/t22-,28?/m1/s1. The van der Waals surface area contributed by atoms with Crippen LogP contribution in [0.2, 0.25) is 0 Å². The van der Waals surface area contributed by atoms with Gasteiger partial charge in [0.15, 0.2) is 5.78 Å². The molecule has 0 aliphatic carbocycles. The SMILES string of the molecule is CC(C)(C)OC(=O)N[C@H](COCc1ccccc1)C(=O)N1CCCC2(CC(=O)c3ccccc3O2)C1. The lowest BCUT2D eigenvalue weighted by Gasteiger charge is -2.45. The molecule has 2 atom stereocenters. The molecular formula is C28H34N2O6. The second kappa shape index (κ2) is 10.7. The summed E-state index contributed by atoms with van der Waals surface area (Å²) in [6.07, 6.45) is 0.882. The van der Waals surface area contributed by atoms with Gasteiger partial charge in [-0.2, -0.15) is 0 Å². The summed E-state index contributed by atoms with van der Waals surface area (Å²) in [5.74, 6) is 0.279. The summed E-state index contributed by atoms with van der Waals surface area (Å²) in [6.45, 7) is 6.34. The number of carbonyl (C=O) groups is 3. The van der Waals surface area contributed by atoms with Crippen LogP contribution in [0.15, 0.2) is 54.6 Å². The van der Waals surface area contributed by atoms with Crippen LogP contribution in [0.1, 0.15) is 56.0 Å². The van der Waals surface area contributed by atoms with E-state index in [9.17, 15) is 14.4 Å². The number of fused-ring (bicyclic) bond motifs is 1. The maximum absolute atomic E-state index is 13.6. The van der Waals surface area contributed by atoms with E-state index in [0.29, 0.717) is 37.3 Å². The second-order valence-electron chi connectivity index (χ2n) is 10.4. The van der Waals surface area contributed by atoms with Gasteiger partial charge in [0, 0.05) is 6.54 Å². The lowest BCUT2D eigenvalue weighted by Crippen LogP contribution is -2.60. The van der Waals surface area contributed by atoms with Crippen molar-refractivity contribution in [1.29, 1.82) is 0 Å². The highest BCUT2D eigenvalue weighted by atomic mass is 16.6. The molecular weight excluding hydrogens is 460 g/mol. The number of hydrogen-bond acceptors (Lipinski definition) is 6. The fourth-order valence-electron chi connectivity index (χ4n) is 4.67. The Morgan fingerprint density at radius 1 is 1.11 bits per heavy atom. The summed E-state index contributed by atoms with van der Waals surface area (Å²) in [6, 6.07) is 15.9. The number of Topliss-reactive ketones (excluding diaryl/α,β-unsaturated/α-hetero) is 1. The number of ketones is 1. The minimum absolute atomic E-state index is 0.0146. The molecule has 2 aliphatic heterocycles. The highest BCUT2D eigenvalue weighted by Crippen LogP contribution is 2.38. The van der Waals surface area contributed by atoms with Gasteiger partial charge in [-0.05, 0) is 51.3 Å². The van der Waals surface area contributed by atoms with E-state index in [-0.39, 0.29) is 31.3 Å². The molecule has 8 nitrogen and oxygen atoms in total. The first-order chi connectivity index (χ1) is 17.1. The van der Waals surface area contributed by atoms with E-state index in [1.807, 2.05) is 42.5 Å². The quantitative estimate of drug-likeness (QED) is 0.649. The molecule has 1 N–H and O–H groups in total. The number of ether oxygens (including phenoxy) is 3. The van der Waals surface area contributed by atoms with E-state index in [1.54, 1.807) is 37.8 Å². The molecule has 0 radical (unpaired) electrons. The van der Waals surface area contributed by atoms with Crippen molar-refractivity contribution in [2.45, 2.75) is 63.9 Å². The predicted octanol–water partition coefficient (Wildman–Crippen LogP) is 4.12. The molecule has 2 aromatic carbocycles. The number of nitrogens with one attached hydrogen (secondary N) is 1. The van der Waals surface area contributed by atoms with Crippen molar-refractivity contribution in [3.8, 4) is 5.75 Å². The molecule has 0 bridgehead atoms. The number of rotatable bonds is 6. The summed E-state index contributed by atoms with van der Waals surface area (Å²) < 4.78 is 17.5. The van der Waals surface area contributed by atoms with Crippen molar-refractivity contribution in [2.24, 2.45) is 0 Å². The highest BCUT2D eigenvalue weighted by molar-refractivity contribution is 6.00. The van der Waals surface area contributed by atoms with Crippen LogP contribution >= 0.6 is 0 Å². The van der Waals surface area contributed by atoms with E-state index < -0.39 is 23.3 Å². The second-order valence-corrected chi connectivity index (χ2v) is 10.4. The summed E-state index contributed by atoms with van der Waals surface area (Å²) in [4.78, 5) is 40.7. The van der Waals surface area contributed by atoms with Gasteiger partial charge in [-0.3, -0.25) is 9.59 Å². The van der Waals surface area contributed by atoms with Crippen molar-refractivity contribution in [3.63, 3.8) is 0 Å². The van der Waals surface area contributed by atoms with Crippen molar-refractivity contribution in [3.05, 3.63) is 65.7 Å². The third kappa shape index (κ3) is 6.43. The zero-order valence-corrected chi connectivity index (χ0v) is 21.1. The van der Waals surface area contributed by atoms with Gasteiger partial charge in [0.2, 0.25) is 5.91 Å². The molecule has 1 unspecified atom stereocenters. The Morgan fingerprint density at radius 3 is 2.58 bits per heavy atom. The van der Waals surface area contributed by atoms with Crippen molar-refractivity contribution in [1.82, 2.24) is 10.2 Å². The lowest BCUT2D eigenvalue weighted by atomic mass is 9.83. The van der Waals surface area contributed by atoms with Gasteiger partial charge in [0.05, 0.1) is 31.7 Å². The van der Waals surface area contributed by atoms with Gasteiger partial charge < -0.3 is 24.4 Å². The van der Waals surface area contributed by atoms with Crippen molar-refractivity contribution in [2.75, 3.05) is 19.7 Å².